The van der Waals surface area contributed by atoms with Gasteiger partial charge in [0.2, 0.25) is 17.7 Å². The number of aromatic amines is 1. The number of aryl methyl sites for hydroxylation is 1. The van der Waals surface area contributed by atoms with Crippen molar-refractivity contribution in [3.63, 3.8) is 0 Å². The summed E-state index contributed by atoms with van der Waals surface area (Å²) < 4.78 is 19.2. The number of primary amides is 1. The van der Waals surface area contributed by atoms with Gasteiger partial charge in [-0.2, -0.15) is 0 Å². The Labute approximate surface area is 219 Å². The number of fused-ring (bicyclic) bond motifs is 3. The molecule has 38 heavy (non-hydrogen) atoms. The molecule has 0 radical (unpaired) electrons. The highest BCUT2D eigenvalue weighted by molar-refractivity contribution is 5.97. The standard InChI is InChI=1S/C28H31FN4O5/c1-15(2)25(26(30)36)32-27(37)28(11-10-22-19(14-28)18-6-4-5-7-21(18)31-22)33-24(35)13-17-8-9-23(20(29)12-17)38-16(3)34/h4-9,12,15,25,31H,10-11,13-14H2,1-3H3,(H2,30,36)(H,32,37)(H,33,35)/t25-,28+/m0/s1. The summed E-state index contributed by atoms with van der Waals surface area (Å²) in [5.41, 5.74) is 7.36. The van der Waals surface area contributed by atoms with E-state index in [4.69, 9.17) is 10.5 Å². The molecule has 2 aromatic carbocycles. The summed E-state index contributed by atoms with van der Waals surface area (Å²) in [6, 6.07) is 10.7. The van der Waals surface area contributed by atoms with Crippen LogP contribution in [0.25, 0.3) is 10.9 Å². The molecule has 0 fully saturated rings. The molecule has 10 heteroatoms. The molecule has 4 rings (SSSR count). The second kappa shape index (κ2) is 10.6. The molecule has 0 aliphatic heterocycles. The summed E-state index contributed by atoms with van der Waals surface area (Å²) >= 11 is 0. The normalized spacial score (nSPS) is 17.5. The predicted octanol–water partition coefficient (Wildman–Crippen LogP) is 2.44. The largest absolute Gasteiger partial charge is 0.424 e. The minimum absolute atomic E-state index is 0.202. The first kappa shape index (κ1) is 26.8. The molecule has 1 aliphatic carbocycles. The lowest BCUT2D eigenvalue weighted by molar-refractivity contribution is -0.136. The molecule has 2 atom stereocenters. The van der Waals surface area contributed by atoms with E-state index in [1.165, 1.54) is 12.1 Å². The Bertz CT molecular complexity index is 1420. The number of carbonyl (C=O) groups excluding carboxylic acids is 4. The molecule has 9 nitrogen and oxygen atoms in total. The van der Waals surface area contributed by atoms with Crippen LogP contribution in [0.4, 0.5) is 4.39 Å². The molecule has 3 aromatic rings. The topological polar surface area (TPSA) is 143 Å². The van der Waals surface area contributed by atoms with Gasteiger partial charge in [-0.3, -0.25) is 19.2 Å². The zero-order valence-corrected chi connectivity index (χ0v) is 21.5. The molecule has 200 valence electrons. The quantitative estimate of drug-likeness (QED) is 0.265. The number of H-pyrrole nitrogens is 1. The smallest absolute Gasteiger partial charge is 0.308 e. The van der Waals surface area contributed by atoms with Gasteiger partial charge in [0.25, 0.3) is 0 Å². The third kappa shape index (κ3) is 5.53. The van der Waals surface area contributed by atoms with Gasteiger partial charge in [0.15, 0.2) is 11.6 Å². The minimum atomic E-state index is -1.35. The molecule has 5 N–H and O–H groups in total. The highest BCUT2D eigenvalue weighted by Crippen LogP contribution is 2.34. The van der Waals surface area contributed by atoms with E-state index in [9.17, 15) is 23.6 Å². The second-order valence-corrected chi connectivity index (χ2v) is 10.1. The van der Waals surface area contributed by atoms with E-state index in [0.717, 1.165) is 35.2 Å². The summed E-state index contributed by atoms with van der Waals surface area (Å²) in [4.78, 5) is 53.5. The molecule has 0 unspecified atom stereocenters. The first-order valence-corrected chi connectivity index (χ1v) is 12.5. The molecule has 1 heterocycles. The number of carbonyl (C=O) groups is 4. The van der Waals surface area contributed by atoms with E-state index in [1.54, 1.807) is 13.8 Å². The summed E-state index contributed by atoms with van der Waals surface area (Å²) in [5, 5.41) is 6.61. The Balaban J connectivity index is 1.63. The Hall–Kier alpha value is -4.21. The Morgan fingerprint density at radius 1 is 1.16 bits per heavy atom. The number of esters is 1. The molecular weight excluding hydrogens is 491 g/mol. The van der Waals surface area contributed by atoms with Gasteiger partial charge < -0.3 is 26.1 Å². The van der Waals surface area contributed by atoms with E-state index < -0.39 is 41.1 Å². The fourth-order valence-electron chi connectivity index (χ4n) is 4.99. The molecule has 0 spiro atoms. The summed E-state index contributed by atoms with van der Waals surface area (Å²) in [6.45, 7) is 4.71. The van der Waals surface area contributed by atoms with Crippen LogP contribution in [0, 0.1) is 11.7 Å². The van der Waals surface area contributed by atoms with Crippen LogP contribution < -0.4 is 21.1 Å². The number of nitrogens with one attached hydrogen (secondary N) is 3. The van der Waals surface area contributed by atoms with Crippen molar-refractivity contribution in [2.24, 2.45) is 11.7 Å². The van der Waals surface area contributed by atoms with E-state index >= 15 is 0 Å². The maximum absolute atomic E-state index is 14.4. The zero-order chi connectivity index (χ0) is 27.6. The number of amides is 3. The van der Waals surface area contributed by atoms with Crippen molar-refractivity contribution in [1.29, 1.82) is 0 Å². The number of nitrogens with two attached hydrogens (primary N) is 1. The number of rotatable bonds is 8. The summed E-state index contributed by atoms with van der Waals surface area (Å²) in [6.07, 6.45) is 0.768. The molecule has 0 saturated heterocycles. The lowest BCUT2D eigenvalue weighted by Gasteiger charge is -2.38. The highest BCUT2D eigenvalue weighted by atomic mass is 19.1. The second-order valence-electron chi connectivity index (χ2n) is 10.1. The van der Waals surface area contributed by atoms with Crippen molar-refractivity contribution >= 4 is 34.6 Å². The van der Waals surface area contributed by atoms with Crippen LogP contribution >= 0.6 is 0 Å². The van der Waals surface area contributed by atoms with Gasteiger partial charge >= 0.3 is 5.97 Å². The van der Waals surface area contributed by atoms with E-state index in [-0.39, 0.29) is 30.9 Å². The monoisotopic (exact) mass is 522 g/mol. The van der Waals surface area contributed by atoms with Crippen molar-refractivity contribution in [2.45, 2.75) is 58.0 Å². The average molecular weight is 523 g/mol. The first-order chi connectivity index (χ1) is 18.0. The fourth-order valence-corrected chi connectivity index (χ4v) is 4.99. The average Bonchev–Trinajstić information content (AvgIpc) is 3.21. The number of hydrogen-bond donors (Lipinski definition) is 4. The Kier molecular flexibility index (Phi) is 7.52. The first-order valence-electron chi connectivity index (χ1n) is 12.5. The molecule has 0 bridgehead atoms. The van der Waals surface area contributed by atoms with Gasteiger partial charge in [-0.15, -0.1) is 0 Å². The number of halogens is 1. The van der Waals surface area contributed by atoms with Crippen molar-refractivity contribution in [3.05, 3.63) is 65.1 Å². The number of aromatic nitrogens is 1. The van der Waals surface area contributed by atoms with Crippen LogP contribution in [-0.4, -0.2) is 40.3 Å². The number of para-hydroxylation sites is 1. The molecule has 3 amide bonds. The molecular formula is C28H31FN4O5. The van der Waals surface area contributed by atoms with Gasteiger partial charge in [-0.05, 0) is 48.1 Å². The van der Waals surface area contributed by atoms with Gasteiger partial charge in [0, 0.05) is 29.9 Å². The maximum atomic E-state index is 14.4. The van der Waals surface area contributed by atoms with Crippen molar-refractivity contribution in [3.8, 4) is 5.75 Å². The van der Waals surface area contributed by atoms with Crippen LogP contribution in [0.15, 0.2) is 42.5 Å². The van der Waals surface area contributed by atoms with Crippen LogP contribution in [0.2, 0.25) is 0 Å². The van der Waals surface area contributed by atoms with Crippen molar-refractivity contribution in [2.75, 3.05) is 0 Å². The van der Waals surface area contributed by atoms with E-state index in [1.807, 2.05) is 24.3 Å². The molecule has 1 aromatic heterocycles. The lowest BCUT2D eigenvalue weighted by Crippen LogP contribution is -2.64. The van der Waals surface area contributed by atoms with Gasteiger partial charge in [-0.1, -0.05) is 38.1 Å². The van der Waals surface area contributed by atoms with Crippen LogP contribution in [0.1, 0.15) is 44.0 Å². The fraction of sp³-hybridized carbons (Fsp3) is 0.357. The van der Waals surface area contributed by atoms with E-state index in [0.29, 0.717) is 12.0 Å². The number of benzene rings is 2. The molecule has 1 aliphatic rings. The van der Waals surface area contributed by atoms with Crippen molar-refractivity contribution < 1.29 is 28.3 Å². The van der Waals surface area contributed by atoms with E-state index in [2.05, 4.69) is 15.6 Å². The maximum Gasteiger partial charge on any atom is 0.308 e. The van der Waals surface area contributed by atoms with Gasteiger partial charge in [0.05, 0.1) is 6.42 Å². The zero-order valence-electron chi connectivity index (χ0n) is 21.5. The van der Waals surface area contributed by atoms with Crippen molar-refractivity contribution in [1.82, 2.24) is 15.6 Å². The summed E-state index contributed by atoms with van der Waals surface area (Å²) in [5.74, 6) is -3.59. The van der Waals surface area contributed by atoms with Crippen LogP contribution in [-0.2, 0) is 38.4 Å². The lowest BCUT2D eigenvalue weighted by atomic mass is 9.78. The minimum Gasteiger partial charge on any atom is -0.424 e. The van der Waals surface area contributed by atoms with Gasteiger partial charge in [-0.25, -0.2) is 4.39 Å². The third-order valence-corrected chi connectivity index (χ3v) is 6.87. The number of ether oxygens (including phenoxy) is 1. The highest BCUT2D eigenvalue weighted by Gasteiger charge is 2.45. The Morgan fingerprint density at radius 2 is 1.89 bits per heavy atom. The van der Waals surface area contributed by atoms with Crippen LogP contribution in [0.3, 0.4) is 0 Å². The Morgan fingerprint density at radius 3 is 2.55 bits per heavy atom. The molecule has 0 saturated carbocycles. The number of hydrogen-bond acceptors (Lipinski definition) is 5. The van der Waals surface area contributed by atoms with Gasteiger partial charge in [0.1, 0.15) is 11.6 Å². The predicted molar refractivity (Wildman–Crippen MR) is 139 cm³/mol. The van der Waals surface area contributed by atoms with Crippen LogP contribution in [0.5, 0.6) is 5.75 Å². The summed E-state index contributed by atoms with van der Waals surface area (Å²) in [7, 11) is 0. The SMILES string of the molecule is CC(=O)Oc1ccc(CC(=O)N[C@]2(C(=O)N[C@H](C(N)=O)C(C)C)CCc3[nH]c4ccccc4c3C2)cc1F. The third-order valence-electron chi connectivity index (χ3n) is 6.87.